The largest absolute Gasteiger partial charge is 0.330 e. The SMILES string of the molecule is O=c1c2ccccc2[nH]c(=S)n1/N=C/c1cccc(Br)c1. The molecule has 0 amide bonds. The molecule has 0 radical (unpaired) electrons. The molecule has 3 rings (SSSR count). The minimum Gasteiger partial charge on any atom is -0.330 e. The predicted octanol–water partition coefficient (Wildman–Crippen LogP) is 3.70. The Balaban J connectivity index is 2.13. The first kappa shape index (κ1) is 13.9. The summed E-state index contributed by atoms with van der Waals surface area (Å²) in [5, 5.41) is 4.74. The van der Waals surface area contributed by atoms with Crippen molar-refractivity contribution in [3.63, 3.8) is 0 Å². The summed E-state index contributed by atoms with van der Waals surface area (Å²) in [4.78, 5) is 15.4. The molecular formula is C15H10BrN3OS. The van der Waals surface area contributed by atoms with Crippen molar-refractivity contribution < 1.29 is 0 Å². The number of benzene rings is 2. The Morgan fingerprint density at radius 2 is 2.00 bits per heavy atom. The lowest BCUT2D eigenvalue weighted by molar-refractivity contribution is 0.800. The molecule has 0 aliphatic carbocycles. The van der Waals surface area contributed by atoms with Gasteiger partial charge in [-0.25, -0.2) is 0 Å². The summed E-state index contributed by atoms with van der Waals surface area (Å²) in [6.45, 7) is 0. The van der Waals surface area contributed by atoms with E-state index in [0.29, 0.717) is 10.9 Å². The molecule has 0 atom stereocenters. The second kappa shape index (κ2) is 5.75. The molecule has 0 saturated carbocycles. The Morgan fingerprint density at radius 1 is 1.19 bits per heavy atom. The van der Waals surface area contributed by atoms with E-state index in [0.717, 1.165) is 10.0 Å². The minimum absolute atomic E-state index is 0.236. The summed E-state index contributed by atoms with van der Waals surface area (Å²) in [5.74, 6) is 0. The van der Waals surface area contributed by atoms with Crippen molar-refractivity contribution in [1.82, 2.24) is 9.66 Å². The molecule has 0 unspecified atom stereocenters. The number of para-hydroxylation sites is 1. The average Bonchev–Trinajstić information content (AvgIpc) is 2.47. The third-order valence-corrected chi connectivity index (χ3v) is 3.72. The highest BCUT2D eigenvalue weighted by molar-refractivity contribution is 9.10. The van der Waals surface area contributed by atoms with E-state index in [1.54, 1.807) is 12.3 Å². The zero-order chi connectivity index (χ0) is 14.8. The fraction of sp³-hybridized carbons (Fsp3) is 0. The molecule has 1 aromatic heterocycles. The van der Waals surface area contributed by atoms with Crippen LogP contribution in [0, 0.1) is 4.77 Å². The van der Waals surface area contributed by atoms with Crippen LogP contribution >= 0.6 is 28.1 Å². The van der Waals surface area contributed by atoms with Gasteiger partial charge >= 0.3 is 0 Å². The molecule has 0 aliphatic rings. The second-order valence-corrected chi connectivity index (χ2v) is 5.69. The van der Waals surface area contributed by atoms with E-state index >= 15 is 0 Å². The number of nitrogens with zero attached hydrogens (tertiary/aromatic N) is 2. The van der Waals surface area contributed by atoms with Gasteiger partial charge in [0.05, 0.1) is 17.1 Å². The summed E-state index contributed by atoms with van der Waals surface area (Å²) in [7, 11) is 0. The number of H-pyrrole nitrogens is 1. The van der Waals surface area contributed by atoms with E-state index in [-0.39, 0.29) is 10.3 Å². The van der Waals surface area contributed by atoms with E-state index in [1.165, 1.54) is 4.68 Å². The molecule has 21 heavy (non-hydrogen) atoms. The highest BCUT2D eigenvalue weighted by Gasteiger charge is 2.03. The molecule has 0 fully saturated rings. The van der Waals surface area contributed by atoms with Crippen molar-refractivity contribution in [1.29, 1.82) is 0 Å². The maximum atomic E-state index is 12.4. The molecule has 0 bridgehead atoms. The molecule has 2 aromatic carbocycles. The summed E-state index contributed by atoms with van der Waals surface area (Å²) in [6, 6.07) is 14.8. The first-order valence-electron chi connectivity index (χ1n) is 6.19. The fourth-order valence-electron chi connectivity index (χ4n) is 1.97. The summed E-state index contributed by atoms with van der Waals surface area (Å²) in [5.41, 5.74) is 1.35. The van der Waals surface area contributed by atoms with Gasteiger partial charge < -0.3 is 4.98 Å². The maximum absolute atomic E-state index is 12.4. The number of aromatic amines is 1. The van der Waals surface area contributed by atoms with E-state index in [2.05, 4.69) is 26.0 Å². The van der Waals surface area contributed by atoms with Gasteiger partial charge in [0.15, 0.2) is 0 Å². The standard InChI is InChI=1S/C15H10BrN3OS/c16-11-5-3-4-10(8-11)9-17-19-14(20)12-6-1-2-7-13(12)18-15(19)21/h1-9H,(H,18,21)/b17-9+. The third-order valence-electron chi connectivity index (χ3n) is 2.95. The highest BCUT2D eigenvalue weighted by Crippen LogP contribution is 2.10. The number of hydrogen-bond donors (Lipinski definition) is 1. The maximum Gasteiger partial charge on any atom is 0.282 e. The van der Waals surface area contributed by atoms with Gasteiger partial charge in [-0.3, -0.25) is 4.79 Å². The van der Waals surface area contributed by atoms with Crippen LogP contribution in [0.3, 0.4) is 0 Å². The number of aromatic nitrogens is 2. The summed E-state index contributed by atoms with van der Waals surface area (Å²) >= 11 is 8.59. The third kappa shape index (κ3) is 2.86. The Kier molecular flexibility index (Phi) is 3.81. The van der Waals surface area contributed by atoms with E-state index in [9.17, 15) is 4.79 Å². The van der Waals surface area contributed by atoms with Crippen LogP contribution in [0.5, 0.6) is 0 Å². The van der Waals surface area contributed by atoms with Gasteiger partial charge in [-0.05, 0) is 42.0 Å². The quantitative estimate of drug-likeness (QED) is 0.560. The van der Waals surface area contributed by atoms with Crippen LogP contribution < -0.4 is 5.56 Å². The molecule has 4 nitrogen and oxygen atoms in total. The van der Waals surface area contributed by atoms with E-state index < -0.39 is 0 Å². The minimum atomic E-state index is -0.236. The van der Waals surface area contributed by atoms with Crippen molar-refractivity contribution in [3.05, 3.63) is 73.7 Å². The average molecular weight is 360 g/mol. The van der Waals surface area contributed by atoms with Crippen molar-refractivity contribution in [2.75, 3.05) is 0 Å². The van der Waals surface area contributed by atoms with Crippen LogP contribution in [-0.2, 0) is 0 Å². The van der Waals surface area contributed by atoms with Gasteiger partial charge in [-0.15, -0.1) is 0 Å². The number of fused-ring (bicyclic) bond motifs is 1. The van der Waals surface area contributed by atoms with Gasteiger partial charge in [0.2, 0.25) is 4.77 Å². The molecule has 0 spiro atoms. The number of halogens is 1. The van der Waals surface area contributed by atoms with Gasteiger partial charge in [-0.1, -0.05) is 40.2 Å². The second-order valence-electron chi connectivity index (χ2n) is 4.39. The molecule has 3 aromatic rings. The van der Waals surface area contributed by atoms with Crippen LogP contribution in [0.4, 0.5) is 0 Å². The lowest BCUT2D eigenvalue weighted by Gasteiger charge is -2.02. The summed E-state index contributed by atoms with van der Waals surface area (Å²) in [6.07, 6.45) is 1.60. The van der Waals surface area contributed by atoms with Gasteiger partial charge in [-0.2, -0.15) is 9.78 Å². The van der Waals surface area contributed by atoms with E-state index in [1.807, 2.05) is 42.5 Å². The van der Waals surface area contributed by atoms with Gasteiger partial charge in [0, 0.05) is 4.47 Å². The lowest BCUT2D eigenvalue weighted by Crippen LogP contribution is -2.18. The molecular weight excluding hydrogens is 350 g/mol. The smallest absolute Gasteiger partial charge is 0.282 e. The molecule has 6 heteroatoms. The molecule has 0 saturated heterocycles. The Labute approximate surface area is 133 Å². The Hall–Kier alpha value is -2.05. The first-order valence-corrected chi connectivity index (χ1v) is 7.39. The van der Waals surface area contributed by atoms with Crippen molar-refractivity contribution in [2.24, 2.45) is 5.10 Å². The van der Waals surface area contributed by atoms with Crippen molar-refractivity contribution in [2.45, 2.75) is 0 Å². The summed E-state index contributed by atoms with van der Waals surface area (Å²) < 4.78 is 2.41. The number of hydrogen-bond acceptors (Lipinski definition) is 3. The van der Waals surface area contributed by atoms with Crippen LogP contribution in [-0.4, -0.2) is 15.9 Å². The van der Waals surface area contributed by atoms with Crippen LogP contribution in [0.1, 0.15) is 5.56 Å². The van der Waals surface area contributed by atoms with Crippen LogP contribution in [0.25, 0.3) is 10.9 Å². The van der Waals surface area contributed by atoms with E-state index in [4.69, 9.17) is 12.2 Å². The zero-order valence-corrected chi connectivity index (χ0v) is 13.2. The van der Waals surface area contributed by atoms with Crippen molar-refractivity contribution >= 4 is 45.3 Å². The predicted molar refractivity (Wildman–Crippen MR) is 90.5 cm³/mol. The normalized spacial score (nSPS) is 11.3. The van der Waals surface area contributed by atoms with Crippen LogP contribution in [0.15, 0.2) is 62.9 Å². The molecule has 104 valence electrons. The lowest BCUT2D eigenvalue weighted by atomic mass is 10.2. The number of rotatable bonds is 2. The van der Waals surface area contributed by atoms with Crippen LogP contribution in [0.2, 0.25) is 0 Å². The Morgan fingerprint density at radius 3 is 2.81 bits per heavy atom. The fourth-order valence-corrected chi connectivity index (χ4v) is 2.63. The topological polar surface area (TPSA) is 50.1 Å². The first-order chi connectivity index (χ1) is 10.1. The zero-order valence-electron chi connectivity index (χ0n) is 10.8. The molecule has 0 aliphatic heterocycles. The van der Waals surface area contributed by atoms with Gasteiger partial charge in [0.1, 0.15) is 0 Å². The molecule has 1 heterocycles. The molecule has 1 N–H and O–H groups in total. The Bertz CT molecular complexity index is 959. The highest BCUT2D eigenvalue weighted by atomic mass is 79.9. The van der Waals surface area contributed by atoms with Crippen molar-refractivity contribution in [3.8, 4) is 0 Å². The monoisotopic (exact) mass is 359 g/mol. The number of nitrogens with one attached hydrogen (secondary N) is 1. The van der Waals surface area contributed by atoms with Gasteiger partial charge in [0.25, 0.3) is 5.56 Å².